The minimum Gasteiger partial charge on any atom is -0.456 e. The molecule has 0 radical (unpaired) electrons. The lowest BCUT2D eigenvalue weighted by Crippen LogP contribution is -1.96. The van der Waals surface area contributed by atoms with Crippen LogP contribution in [0.4, 0.5) is 5.69 Å². The van der Waals surface area contributed by atoms with Gasteiger partial charge in [-0.15, -0.1) is 0 Å². The summed E-state index contributed by atoms with van der Waals surface area (Å²) in [6.07, 6.45) is 0.441. The van der Waals surface area contributed by atoms with Crippen molar-refractivity contribution < 1.29 is 14.5 Å². The maximum absolute atomic E-state index is 11.5. The van der Waals surface area contributed by atoms with E-state index < -0.39 is 4.92 Å². The van der Waals surface area contributed by atoms with E-state index >= 15 is 0 Å². The minimum absolute atomic E-state index is 0.0538. The van der Waals surface area contributed by atoms with Gasteiger partial charge < -0.3 is 4.74 Å². The van der Waals surface area contributed by atoms with Crippen LogP contribution >= 0.6 is 15.9 Å². The van der Waals surface area contributed by atoms with Gasteiger partial charge in [0.2, 0.25) is 0 Å². The van der Waals surface area contributed by atoms with E-state index in [0.29, 0.717) is 23.5 Å². The Morgan fingerprint density at radius 1 is 1.24 bits per heavy atom. The van der Waals surface area contributed by atoms with Crippen molar-refractivity contribution in [1.29, 1.82) is 0 Å². The number of carbonyl (C=O) groups is 1. The Morgan fingerprint density at radius 2 is 1.90 bits per heavy atom. The second-order valence-corrected chi connectivity index (χ2v) is 5.04. The van der Waals surface area contributed by atoms with Crippen LogP contribution in [-0.2, 0) is 0 Å². The van der Waals surface area contributed by atoms with Crippen LogP contribution < -0.4 is 4.74 Å². The summed E-state index contributed by atoms with van der Waals surface area (Å²) in [7, 11) is 0. The lowest BCUT2D eigenvalue weighted by Gasteiger charge is -2.08. The normalized spacial score (nSPS) is 10.2. The van der Waals surface area contributed by atoms with Gasteiger partial charge in [0.15, 0.2) is 5.78 Å². The molecule has 21 heavy (non-hydrogen) atoms. The van der Waals surface area contributed by atoms with Gasteiger partial charge in [-0.1, -0.05) is 13.0 Å². The summed E-state index contributed by atoms with van der Waals surface area (Å²) in [6.45, 7) is 1.80. The average molecular weight is 350 g/mol. The van der Waals surface area contributed by atoms with Crippen molar-refractivity contribution in [3.05, 3.63) is 62.6 Å². The van der Waals surface area contributed by atoms with E-state index in [-0.39, 0.29) is 15.9 Å². The molecule has 0 aliphatic carbocycles. The lowest BCUT2D eigenvalue weighted by molar-refractivity contribution is -0.385. The van der Waals surface area contributed by atoms with Crippen molar-refractivity contribution in [3.8, 4) is 11.5 Å². The van der Waals surface area contributed by atoms with E-state index in [1.54, 1.807) is 43.3 Å². The molecule has 0 bridgehead atoms. The molecule has 2 aromatic rings. The highest BCUT2D eigenvalue weighted by atomic mass is 79.9. The van der Waals surface area contributed by atoms with E-state index in [2.05, 4.69) is 15.9 Å². The smallest absolute Gasteiger partial charge is 0.287 e. The van der Waals surface area contributed by atoms with E-state index in [1.165, 1.54) is 6.07 Å². The Labute approximate surface area is 129 Å². The molecule has 0 fully saturated rings. The predicted molar refractivity (Wildman–Crippen MR) is 81.9 cm³/mol. The summed E-state index contributed by atoms with van der Waals surface area (Å²) in [6, 6.07) is 11.2. The Bertz CT molecular complexity index is 683. The summed E-state index contributed by atoms with van der Waals surface area (Å²) in [5, 5.41) is 10.9. The van der Waals surface area contributed by atoms with Gasteiger partial charge in [0, 0.05) is 18.1 Å². The maximum Gasteiger partial charge on any atom is 0.287 e. The zero-order valence-corrected chi connectivity index (χ0v) is 12.8. The second-order valence-electron chi connectivity index (χ2n) is 4.25. The van der Waals surface area contributed by atoms with E-state index in [4.69, 9.17) is 4.74 Å². The van der Waals surface area contributed by atoms with E-state index in [0.717, 1.165) is 0 Å². The second kappa shape index (κ2) is 6.49. The summed E-state index contributed by atoms with van der Waals surface area (Å²) >= 11 is 3.17. The van der Waals surface area contributed by atoms with Crippen molar-refractivity contribution in [2.75, 3.05) is 0 Å². The quantitative estimate of drug-likeness (QED) is 0.444. The summed E-state index contributed by atoms with van der Waals surface area (Å²) in [4.78, 5) is 21.9. The largest absolute Gasteiger partial charge is 0.456 e. The van der Waals surface area contributed by atoms with Crippen molar-refractivity contribution in [1.82, 2.24) is 0 Å². The van der Waals surface area contributed by atoms with Crippen LogP contribution in [0.25, 0.3) is 0 Å². The van der Waals surface area contributed by atoms with Crippen LogP contribution in [0.15, 0.2) is 46.9 Å². The number of nitro benzene ring substituents is 1. The Kier molecular flexibility index (Phi) is 4.70. The number of hydrogen-bond acceptors (Lipinski definition) is 4. The Balaban J connectivity index is 2.24. The van der Waals surface area contributed by atoms with Crippen LogP contribution in [0.5, 0.6) is 11.5 Å². The molecular formula is C15H12BrNO4. The zero-order chi connectivity index (χ0) is 15.4. The molecule has 0 heterocycles. The van der Waals surface area contributed by atoms with Crippen molar-refractivity contribution in [2.24, 2.45) is 0 Å². The van der Waals surface area contributed by atoms with Gasteiger partial charge in [-0.3, -0.25) is 14.9 Å². The van der Waals surface area contributed by atoms with E-state index in [9.17, 15) is 14.9 Å². The van der Waals surface area contributed by atoms with Crippen molar-refractivity contribution in [2.45, 2.75) is 13.3 Å². The molecule has 2 aromatic carbocycles. The van der Waals surface area contributed by atoms with Crippen LogP contribution in [-0.4, -0.2) is 10.7 Å². The van der Waals surface area contributed by atoms with Crippen LogP contribution in [0.2, 0.25) is 0 Å². The van der Waals surface area contributed by atoms with Crippen LogP contribution in [0.3, 0.4) is 0 Å². The number of Topliss-reactive ketones (excluding diaryl/α,β-unsaturated/α-hetero) is 1. The zero-order valence-electron chi connectivity index (χ0n) is 11.2. The molecule has 0 aromatic heterocycles. The fourth-order valence-electron chi connectivity index (χ4n) is 1.76. The highest BCUT2D eigenvalue weighted by molar-refractivity contribution is 9.10. The van der Waals surface area contributed by atoms with Gasteiger partial charge in [0.05, 0.1) is 4.92 Å². The fourth-order valence-corrected chi connectivity index (χ4v) is 2.25. The van der Waals surface area contributed by atoms with Gasteiger partial charge in [-0.25, -0.2) is 0 Å². The van der Waals surface area contributed by atoms with Crippen molar-refractivity contribution in [3.63, 3.8) is 0 Å². The number of ketones is 1. The number of carbonyl (C=O) groups excluding carboxylic acids is 1. The van der Waals surface area contributed by atoms with Gasteiger partial charge in [-0.05, 0) is 46.3 Å². The van der Waals surface area contributed by atoms with Gasteiger partial charge in [-0.2, -0.15) is 0 Å². The molecule has 0 unspecified atom stereocenters. The minimum atomic E-state index is -0.486. The van der Waals surface area contributed by atoms with Crippen LogP contribution in [0, 0.1) is 10.1 Å². The number of ether oxygens (including phenoxy) is 1. The number of nitrogens with zero attached hydrogens (tertiary/aromatic N) is 1. The van der Waals surface area contributed by atoms with Crippen molar-refractivity contribution >= 4 is 27.4 Å². The number of rotatable bonds is 5. The monoisotopic (exact) mass is 349 g/mol. The van der Waals surface area contributed by atoms with Gasteiger partial charge in [0.1, 0.15) is 16.0 Å². The molecule has 0 amide bonds. The van der Waals surface area contributed by atoms with Gasteiger partial charge >= 0.3 is 0 Å². The summed E-state index contributed by atoms with van der Waals surface area (Å²) < 4.78 is 5.89. The molecule has 0 aliphatic heterocycles. The number of nitro groups is 1. The van der Waals surface area contributed by atoms with Crippen LogP contribution in [0.1, 0.15) is 23.7 Å². The molecule has 0 N–H and O–H groups in total. The molecule has 0 saturated carbocycles. The third-order valence-electron chi connectivity index (χ3n) is 2.86. The predicted octanol–water partition coefficient (Wildman–Crippen LogP) is 4.74. The standard InChI is InChI=1S/C15H12BrNO4/c1-2-13(18)10-6-8-11(9-7-10)21-14-5-3-4-12(15(14)16)17(19)20/h3-9H,2H2,1H3. The number of hydrogen-bond donors (Lipinski definition) is 0. The molecule has 0 aliphatic rings. The molecule has 2 rings (SSSR count). The number of benzene rings is 2. The molecular weight excluding hydrogens is 338 g/mol. The van der Waals surface area contributed by atoms with Gasteiger partial charge in [0.25, 0.3) is 5.69 Å². The highest BCUT2D eigenvalue weighted by Gasteiger charge is 2.16. The third-order valence-corrected chi connectivity index (χ3v) is 3.66. The Morgan fingerprint density at radius 3 is 2.48 bits per heavy atom. The molecule has 6 heteroatoms. The first kappa shape index (κ1) is 15.2. The third kappa shape index (κ3) is 3.46. The Hall–Kier alpha value is -2.21. The first-order chi connectivity index (χ1) is 10.0. The fraction of sp³-hybridized carbons (Fsp3) is 0.133. The summed E-state index contributed by atoms with van der Waals surface area (Å²) in [5.74, 6) is 0.903. The maximum atomic E-state index is 11.5. The SMILES string of the molecule is CCC(=O)c1ccc(Oc2cccc([N+](=O)[O-])c2Br)cc1. The first-order valence-electron chi connectivity index (χ1n) is 6.27. The topological polar surface area (TPSA) is 69.4 Å². The molecule has 0 saturated heterocycles. The lowest BCUT2D eigenvalue weighted by atomic mass is 10.1. The average Bonchev–Trinajstić information content (AvgIpc) is 2.49. The molecule has 0 spiro atoms. The molecule has 0 atom stereocenters. The summed E-state index contributed by atoms with van der Waals surface area (Å²) in [5.41, 5.74) is 0.549. The molecule has 108 valence electrons. The number of halogens is 1. The first-order valence-corrected chi connectivity index (χ1v) is 7.06. The van der Waals surface area contributed by atoms with E-state index in [1.807, 2.05) is 0 Å². The highest BCUT2D eigenvalue weighted by Crippen LogP contribution is 2.36. The molecule has 5 nitrogen and oxygen atoms in total.